The zero-order valence-electron chi connectivity index (χ0n) is 13.4. The first kappa shape index (κ1) is 17.2. The highest BCUT2D eigenvalue weighted by molar-refractivity contribution is 6.06. The lowest BCUT2D eigenvalue weighted by molar-refractivity contribution is -0.169. The third kappa shape index (κ3) is 4.18. The van der Waals surface area contributed by atoms with Crippen molar-refractivity contribution in [2.75, 3.05) is 6.61 Å². The number of hydrogen-bond donors (Lipinski definition) is 0. The summed E-state index contributed by atoms with van der Waals surface area (Å²) in [4.78, 5) is 36.8. The van der Waals surface area contributed by atoms with E-state index in [1.165, 1.54) is 0 Å². The van der Waals surface area contributed by atoms with Gasteiger partial charge in [-0.3, -0.25) is 14.4 Å². The molecule has 124 valence electrons. The van der Waals surface area contributed by atoms with Crippen LogP contribution in [0.25, 0.3) is 0 Å². The average molecular weight is 318 g/mol. The molecule has 1 aliphatic carbocycles. The maximum Gasteiger partial charge on any atom is 0.320 e. The fraction of sp³-hybridized carbons (Fsp3) is 0.500. The molecule has 1 unspecified atom stereocenters. The number of hydrogen-bond acceptors (Lipinski definition) is 5. The zero-order chi connectivity index (χ0) is 16.7. The van der Waals surface area contributed by atoms with Crippen LogP contribution in [-0.2, 0) is 30.5 Å². The van der Waals surface area contributed by atoms with Gasteiger partial charge < -0.3 is 9.47 Å². The Morgan fingerprint density at radius 1 is 1.13 bits per heavy atom. The van der Waals surface area contributed by atoms with Crippen LogP contribution in [0.3, 0.4) is 0 Å². The fourth-order valence-corrected chi connectivity index (χ4v) is 2.87. The summed E-state index contributed by atoms with van der Waals surface area (Å²) in [6.07, 6.45) is 1.91. The molecule has 1 aliphatic rings. The molecule has 23 heavy (non-hydrogen) atoms. The van der Waals surface area contributed by atoms with E-state index in [1.54, 1.807) is 6.92 Å². The number of benzene rings is 1. The van der Waals surface area contributed by atoms with Gasteiger partial charge in [0.05, 0.1) is 13.0 Å². The molecule has 0 aliphatic heterocycles. The van der Waals surface area contributed by atoms with Crippen molar-refractivity contribution in [2.45, 2.75) is 45.6 Å². The molecule has 0 heterocycles. The standard InChI is InChI=1S/C18H22O5/c1-2-22-17(21)18(11-7-6-10-15(18)19)12-16(20)23-13-14-8-4-3-5-9-14/h3-5,8-9H,2,6-7,10-13H2,1H3. The third-order valence-corrected chi connectivity index (χ3v) is 4.15. The number of Topliss-reactive ketones (excluding diaryl/α,β-unsaturated/α-hetero) is 1. The van der Waals surface area contributed by atoms with Gasteiger partial charge in [0.15, 0.2) is 5.78 Å². The lowest BCUT2D eigenvalue weighted by atomic mass is 9.70. The Morgan fingerprint density at radius 3 is 2.52 bits per heavy atom. The molecule has 5 nitrogen and oxygen atoms in total. The first-order valence-corrected chi connectivity index (χ1v) is 7.98. The van der Waals surface area contributed by atoms with E-state index in [0.29, 0.717) is 12.8 Å². The molecule has 1 atom stereocenters. The second kappa shape index (κ2) is 7.90. The van der Waals surface area contributed by atoms with Crippen LogP contribution in [0.2, 0.25) is 0 Å². The minimum Gasteiger partial charge on any atom is -0.465 e. The van der Waals surface area contributed by atoms with E-state index in [9.17, 15) is 14.4 Å². The SMILES string of the molecule is CCOC(=O)C1(CC(=O)OCc2ccccc2)CCCCC1=O. The van der Waals surface area contributed by atoms with Gasteiger partial charge in [0.1, 0.15) is 12.0 Å². The summed E-state index contributed by atoms with van der Waals surface area (Å²) in [5.74, 6) is -1.35. The molecule has 1 fully saturated rings. The van der Waals surface area contributed by atoms with Crippen LogP contribution in [0.1, 0.15) is 44.6 Å². The first-order valence-electron chi connectivity index (χ1n) is 7.98. The van der Waals surface area contributed by atoms with Crippen LogP contribution in [0.15, 0.2) is 30.3 Å². The lowest BCUT2D eigenvalue weighted by Crippen LogP contribution is -2.44. The Morgan fingerprint density at radius 2 is 1.87 bits per heavy atom. The van der Waals surface area contributed by atoms with Crippen LogP contribution in [0, 0.1) is 5.41 Å². The van der Waals surface area contributed by atoms with E-state index in [2.05, 4.69) is 0 Å². The highest BCUT2D eigenvalue weighted by atomic mass is 16.5. The summed E-state index contributed by atoms with van der Waals surface area (Å²) < 4.78 is 10.3. The van der Waals surface area contributed by atoms with Gasteiger partial charge in [0, 0.05) is 6.42 Å². The molecule has 0 saturated heterocycles. The Bertz CT molecular complexity index is 566. The molecule has 2 rings (SSSR count). The van der Waals surface area contributed by atoms with E-state index in [0.717, 1.165) is 18.4 Å². The maximum absolute atomic E-state index is 12.3. The molecule has 0 spiro atoms. The van der Waals surface area contributed by atoms with E-state index < -0.39 is 17.4 Å². The van der Waals surface area contributed by atoms with Crippen molar-refractivity contribution in [3.63, 3.8) is 0 Å². The van der Waals surface area contributed by atoms with Crippen molar-refractivity contribution in [3.05, 3.63) is 35.9 Å². The molecule has 5 heteroatoms. The minimum atomic E-state index is -1.36. The molecule has 1 aromatic rings. The number of ether oxygens (including phenoxy) is 2. The number of ketones is 1. The van der Waals surface area contributed by atoms with Gasteiger partial charge in [0.25, 0.3) is 0 Å². The van der Waals surface area contributed by atoms with Crippen molar-refractivity contribution in [1.29, 1.82) is 0 Å². The first-order chi connectivity index (χ1) is 11.1. The van der Waals surface area contributed by atoms with E-state index in [4.69, 9.17) is 9.47 Å². The van der Waals surface area contributed by atoms with E-state index >= 15 is 0 Å². The van der Waals surface area contributed by atoms with Gasteiger partial charge in [-0.05, 0) is 25.3 Å². The minimum absolute atomic E-state index is 0.132. The van der Waals surface area contributed by atoms with Crippen LogP contribution in [0.5, 0.6) is 0 Å². The van der Waals surface area contributed by atoms with Gasteiger partial charge in [-0.1, -0.05) is 36.8 Å². The quantitative estimate of drug-likeness (QED) is 0.596. The molecule has 1 aromatic carbocycles. The van der Waals surface area contributed by atoms with E-state index in [-0.39, 0.29) is 25.4 Å². The molecule has 0 N–H and O–H groups in total. The van der Waals surface area contributed by atoms with Crippen LogP contribution in [-0.4, -0.2) is 24.3 Å². The smallest absolute Gasteiger partial charge is 0.320 e. The van der Waals surface area contributed by atoms with Crippen molar-refractivity contribution >= 4 is 17.7 Å². The van der Waals surface area contributed by atoms with Gasteiger partial charge in [0.2, 0.25) is 0 Å². The summed E-state index contributed by atoms with van der Waals surface area (Å²) >= 11 is 0. The molecule has 1 saturated carbocycles. The van der Waals surface area contributed by atoms with Gasteiger partial charge in [-0.25, -0.2) is 0 Å². The number of rotatable bonds is 6. The normalized spacial score (nSPS) is 20.8. The summed E-state index contributed by atoms with van der Waals surface area (Å²) in [7, 11) is 0. The predicted octanol–water partition coefficient (Wildman–Crippen LogP) is 2.81. The largest absolute Gasteiger partial charge is 0.465 e. The second-order valence-electron chi connectivity index (χ2n) is 5.76. The summed E-state index contributed by atoms with van der Waals surface area (Å²) in [5.41, 5.74) is -0.497. The van der Waals surface area contributed by atoms with Crippen LogP contribution in [0.4, 0.5) is 0 Å². The summed E-state index contributed by atoms with van der Waals surface area (Å²) in [6.45, 7) is 2.01. The zero-order valence-corrected chi connectivity index (χ0v) is 13.4. The van der Waals surface area contributed by atoms with Crippen molar-refractivity contribution < 1.29 is 23.9 Å². The Hall–Kier alpha value is -2.17. The fourth-order valence-electron chi connectivity index (χ4n) is 2.87. The van der Waals surface area contributed by atoms with Crippen molar-refractivity contribution in [3.8, 4) is 0 Å². The highest BCUT2D eigenvalue weighted by Gasteiger charge is 2.49. The highest BCUT2D eigenvalue weighted by Crippen LogP contribution is 2.38. The van der Waals surface area contributed by atoms with Crippen LogP contribution >= 0.6 is 0 Å². The Labute approximate surface area is 136 Å². The second-order valence-corrected chi connectivity index (χ2v) is 5.76. The summed E-state index contributed by atoms with van der Waals surface area (Å²) in [6, 6.07) is 9.28. The topological polar surface area (TPSA) is 69.7 Å². The maximum atomic E-state index is 12.3. The Kier molecular flexibility index (Phi) is 5.90. The van der Waals surface area contributed by atoms with E-state index in [1.807, 2.05) is 30.3 Å². The molecule has 0 aromatic heterocycles. The summed E-state index contributed by atoms with van der Waals surface area (Å²) in [5, 5.41) is 0. The van der Waals surface area contributed by atoms with Gasteiger partial charge in [-0.2, -0.15) is 0 Å². The molecule has 0 bridgehead atoms. The number of carbonyl (C=O) groups is 3. The van der Waals surface area contributed by atoms with Gasteiger partial charge >= 0.3 is 11.9 Å². The van der Waals surface area contributed by atoms with Crippen LogP contribution < -0.4 is 0 Å². The number of esters is 2. The van der Waals surface area contributed by atoms with Crippen molar-refractivity contribution in [1.82, 2.24) is 0 Å². The predicted molar refractivity (Wildman–Crippen MR) is 83.4 cm³/mol. The van der Waals surface area contributed by atoms with Gasteiger partial charge in [-0.15, -0.1) is 0 Å². The lowest BCUT2D eigenvalue weighted by Gasteiger charge is -2.32. The molecular formula is C18H22O5. The molecule has 0 radical (unpaired) electrons. The average Bonchev–Trinajstić information content (AvgIpc) is 2.56. The number of carbonyl (C=O) groups excluding carboxylic acids is 3. The van der Waals surface area contributed by atoms with Crippen molar-refractivity contribution in [2.24, 2.45) is 5.41 Å². The molecule has 0 amide bonds. The monoisotopic (exact) mass is 318 g/mol. The Balaban J connectivity index is 2.03. The third-order valence-electron chi connectivity index (χ3n) is 4.15. The molecular weight excluding hydrogens is 296 g/mol.